The molecule has 0 fully saturated rings. The molecular weight excluding hydrogens is 251 g/mol. The number of hydrogen-bond acceptors (Lipinski definition) is 2. The van der Waals surface area contributed by atoms with Gasteiger partial charge in [-0.15, -0.1) is 0 Å². The summed E-state index contributed by atoms with van der Waals surface area (Å²) in [5, 5.41) is 1.04. The van der Waals surface area contributed by atoms with Gasteiger partial charge < -0.3 is 5.73 Å². The molecule has 0 saturated heterocycles. The largest absolute Gasteiger partial charge is 0.392 e. The van der Waals surface area contributed by atoms with E-state index in [1.54, 1.807) is 12.1 Å². The molecule has 1 unspecified atom stereocenters. The van der Waals surface area contributed by atoms with Gasteiger partial charge in [0.1, 0.15) is 0 Å². The number of nitrogens with two attached hydrogens (primary N) is 1. The van der Waals surface area contributed by atoms with Gasteiger partial charge in [0.05, 0.1) is 21.1 Å². The van der Waals surface area contributed by atoms with Crippen molar-refractivity contribution >= 4 is 40.4 Å². The Kier molecular flexibility index (Phi) is 4.34. The Morgan fingerprint density at radius 3 is 2.33 bits per heavy atom. The molecule has 5 heteroatoms. The lowest BCUT2D eigenvalue weighted by Gasteiger charge is -2.23. The molecule has 0 bridgehead atoms. The standard InChI is InChI=1S/C10H12Cl2N2S/c1-14(2)9(10(13)15)6-3-4-7(11)8(12)5-6/h3-5,9H,1-2H3,(H2,13,15). The molecule has 0 aliphatic heterocycles. The van der Waals surface area contributed by atoms with E-state index < -0.39 is 0 Å². The minimum atomic E-state index is -0.116. The monoisotopic (exact) mass is 262 g/mol. The Morgan fingerprint density at radius 2 is 1.93 bits per heavy atom. The molecule has 0 aromatic heterocycles. The second kappa shape index (κ2) is 5.12. The van der Waals surface area contributed by atoms with Crippen molar-refractivity contribution in [3.63, 3.8) is 0 Å². The molecule has 15 heavy (non-hydrogen) atoms. The van der Waals surface area contributed by atoms with E-state index in [9.17, 15) is 0 Å². The first kappa shape index (κ1) is 12.7. The number of thiocarbonyl (C=S) groups is 1. The van der Waals surface area contributed by atoms with Gasteiger partial charge in [-0.3, -0.25) is 4.90 Å². The van der Waals surface area contributed by atoms with E-state index in [4.69, 9.17) is 41.2 Å². The minimum absolute atomic E-state index is 0.116. The van der Waals surface area contributed by atoms with Crippen LogP contribution in [0, 0.1) is 0 Å². The van der Waals surface area contributed by atoms with Crippen LogP contribution < -0.4 is 5.73 Å². The van der Waals surface area contributed by atoms with E-state index in [-0.39, 0.29) is 6.04 Å². The summed E-state index contributed by atoms with van der Waals surface area (Å²) in [6, 6.07) is 5.29. The molecular formula is C10H12Cl2N2S. The smallest absolute Gasteiger partial charge is 0.0948 e. The zero-order chi connectivity index (χ0) is 11.6. The molecule has 0 saturated carbocycles. The van der Waals surface area contributed by atoms with Crippen LogP contribution in [0.5, 0.6) is 0 Å². The third-order valence-corrected chi connectivity index (χ3v) is 3.01. The summed E-state index contributed by atoms with van der Waals surface area (Å²) < 4.78 is 0. The van der Waals surface area contributed by atoms with Crippen LogP contribution in [0.15, 0.2) is 18.2 Å². The molecule has 1 rings (SSSR count). The van der Waals surface area contributed by atoms with Crippen molar-refractivity contribution in [1.29, 1.82) is 0 Å². The van der Waals surface area contributed by atoms with Gasteiger partial charge in [0, 0.05) is 0 Å². The highest BCUT2D eigenvalue weighted by Gasteiger charge is 2.17. The van der Waals surface area contributed by atoms with Crippen LogP contribution in [0.2, 0.25) is 10.0 Å². The summed E-state index contributed by atoms with van der Waals surface area (Å²) in [5.41, 5.74) is 6.62. The van der Waals surface area contributed by atoms with Gasteiger partial charge in [-0.1, -0.05) is 41.5 Å². The molecule has 1 atom stereocenters. The molecule has 0 heterocycles. The van der Waals surface area contributed by atoms with Crippen LogP contribution in [0.25, 0.3) is 0 Å². The molecule has 0 aliphatic carbocycles. The fourth-order valence-electron chi connectivity index (χ4n) is 1.40. The molecule has 0 amide bonds. The summed E-state index contributed by atoms with van der Waals surface area (Å²) >= 11 is 16.8. The summed E-state index contributed by atoms with van der Waals surface area (Å²) in [4.78, 5) is 2.35. The Morgan fingerprint density at radius 1 is 1.33 bits per heavy atom. The maximum Gasteiger partial charge on any atom is 0.0948 e. The van der Waals surface area contributed by atoms with E-state index in [0.717, 1.165) is 5.56 Å². The van der Waals surface area contributed by atoms with Crippen molar-refractivity contribution in [3.8, 4) is 0 Å². The fourth-order valence-corrected chi connectivity index (χ4v) is 2.05. The Hall–Kier alpha value is -0.350. The number of rotatable bonds is 3. The minimum Gasteiger partial charge on any atom is -0.392 e. The quantitative estimate of drug-likeness (QED) is 0.850. The summed E-state index contributed by atoms with van der Waals surface area (Å²) in [7, 11) is 3.82. The topological polar surface area (TPSA) is 29.3 Å². The molecule has 2 N–H and O–H groups in total. The lowest BCUT2D eigenvalue weighted by molar-refractivity contribution is 0.371. The molecule has 82 valence electrons. The number of benzene rings is 1. The summed E-state index contributed by atoms with van der Waals surface area (Å²) in [5.74, 6) is 0. The molecule has 2 nitrogen and oxygen atoms in total. The first-order valence-electron chi connectivity index (χ1n) is 4.34. The average molecular weight is 263 g/mol. The van der Waals surface area contributed by atoms with Gasteiger partial charge in [0.15, 0.2) is 0 Å². The third-order valence-electron chi connectivity index (χ3n) is 2.05. The van der Waals surface area contributed by atoms with Crippen molar-refractivity contribution < 1.29 is 0 Å². The number of hydrogen-bond donors (Lipinski definition) is 1. The second-order valence-electron chi connectivity index (χ2n) is 3.44. The normalized spacial score (nSPS) is 12.9. The molecule has 0 radical (unpaired) electrons. The van der Waals surface area contributed by atoms with Gasteiger partial charge >= 0.3 is 0 Å². The lowest BCUT2D eigenvalue weighted by atomic mass is 10.1. The van der Waals surface area contributed by atoms with Gasteiger partial charge in [0.25, 0.3) is 0 Å². The van der Waals surface area contributed by atoms with Gasteiger partial charge in [-0.25, -0.2) is 0 Å². The van der Waals surface area contributed by atoms with Crippen LogP contribution >= 0.6 is 35.4 Å². The highest BCUT2D eigenvalue weighted by atomic mass is 35.5. The third kappa shape index (κ3) is 3.05. The van der Waals surface area contributed by atoms with Crippen LogP contribution in [-0.2, 0) is 0 Å². The SMILES string of the molecule is CN(C)C(C(N)=S)c1ccc(Cl)c(Cl)c1. The lowest BCUT2D eigenvalue weighted by Crippen LogP contribution is -2.31. The predicted molar refractivity (Wildman–Crippen MR) is 69.7 cm³/mol. The molecule has 0 spiro atoms. The van der Waals surface area contributed by atoms with Crippen molar-refractivity contribution in [1.82, 2.24) is 4.90 Å². The predicted octanol–water partition coefficient (Wildman–Crippen LogP) is 2.88. The zero-order valence-corrected chi connectivity index (χ0v) is 10.8. The summed E-state index contributed by atoms with van der Waals surface area (Å²) in [6.45, 7) is 0. The van der Waals surface area contributed by atoms with Gasteiger partial charge in [-0.2, -0.15) is 0 Å². The maximum atomic E-state index is 5.93. The van der Waals surface area contributed by atoms with Crippen molar-refractivity contribution in [2.45, 2.75) is 6.04 Å². The van der Waals surface area contributed by atoms with Crippen LogP contribution in [0.3, 0.4) is 0 Å². The first-order valence-corrected chi connectivity index (χ1v) is 5.50. The zero-order valence-electron chi connectivity index (χ0n) is 8.50. The Bertz CT molecular complexity index is 380. The second-order valence-corrected chi connectivity index (χ2v) is 4.73. The van der Waals surface area contributed by atoms with E-state index >= 15 is 0 Å². The van der Waals surface area contributed by atoms with E-state index in [1.165, 1.54) is 0 Å². The van der Waals surface area contributed by atoms with Crippen LogP contribution in [0.1, 0.15) is 11.6 Å². The molecule has 1 aromatic carbocycles. The maximum absolute atomic E-state index is 5.93. The Balaban J connectivity index is 3.12. The first-order chi connectivity index (χ1) is 6.93. The van der Waals surface area contributed by atoms with E-state index in [0.29, 0.717) is 15.0 Å². The fraction of sp³-hybridized carbons (Fsp3) is 0.300. The van der Waals surface area contributed by atoms with Crippen LogP contribution in [0.4, 0.5) is 0 Å². The number of halogens is 2. The van der Waals surface area contributed by atoms with Gasteiger partial charge in [-0.05, 0) is 31.8 Å². The molecule has 0 aliphatic rings. The highest BCUT2D eigenvalue weighted by Crippen LogP contribution is 2.27. The summed E-state index contributed by atoms with van der Waals surface area (Å²) in [6.07, 6.45) is 0. The van der Waals surface area contributed by atoms with Crippen molar-refractivity contribution in [2.75, 3.05) is 14.1 Å². The van der Waals surface area contributed by atoms with Crippen LogP contribution in [-0.4, -0.2) is 24.0 Å². The number of nitrogens with zero attached hydrogens (tertiary/aromatic N) is 1. The molecule has 1 aromatic rings. The average Bonchev–Trinajstić information content (AvgIpc) is 2.10. The van der Waals surface area contributed by atoms with Crippen molar-refractivity contribution in [3.05, 3.63) is 33.8 Å². The van der Waals surface area contributed by atoms with E-state index in [1.807, 2.05) is 25.1 Å². The van der Waals surface area contributed by atoms with E-state index in [2.05, 4.69) is 0 Å². The Labute approximate surface area is 105 Å². The van der Waals surface area contributed by atoms with Gasteiger partial charge in [0.2, 0.25) is 0 Å². The highest BCUT2D eigenvalue weighted by molar-refractivity contribution is 7.80. The van der Waals surface area contributed by atoms with Crippen molar-refractivity contribution in [2.24, 2.45) is 5.73 Å². The number of likely N-dealkylation sites (N-methyl/N-ethyl adjacent to an activating group) is 1.